The molecule has 0 bridgehead atoms. The molecular weight excluding hydrogens is 417 g/mol. The van der Waals surface area contributed by atoms with Gasteiger partial charge in [-0.25, -0.2) is 4.98 Å². The van der Waals surface area contributed by atoms with Crippen LogP contribution in [0.3, 0.4) is 0 Å². The number of nitrogens with two attached hydrogens (primary N) is 1. The molecule has 1 aliphatic heterocycles. The zero-order valence-electron chi connectivity index (χ0n) is 16.6. The molecule has 0 aliphatic carbocycles. The quantitative estimate of drug-likeness (QED) is 0.381. The fourth-order valence-electron chi connectivity index (χ4n) is 3.08. The van der Waals surface area contributed by atoms with Crippen LogP contribution in [0.1, 0.15) is 20.1 Å². The monoisotopic (exact) mass is 441 g/mol. The lowest BCUT2D eigenvalue weighted by Crippen LogP contribution is -2.32. The number of hydrogen-bond acceptors (Lipinski definition) is 10. The minimum atomic E-state index is -3.57. The normalized spacial score (nSPS) is 24.6. The molecule has 13 heteroatoms. The first-order valence-electron chi connectivity index (χ1n) is 9.13. The maximum atomic E-state index is 12.7. The van der Waals surface area contributed by atoms with E-state index < -0.39 is 37.6 Å². The minimum Gasteiger partial charge on any atom is -0.384 e. The summed E-state index contributed by atoms with van der Waals surface area (Å²) < 4.78 is 36.1. The maximum Gasteiger partial charge on any atom is 0.356 e. The summed E-state index contributed by atoms with van der Waals surface area (Å²) in [6.07, 6.45) is -0.324. The number of aromatic nitrogens is 4. The molecule has 0 spiro atoms. The van der Waals surface area contributed by atoms with Gasteiger partial charge in [0.2, 0.25) is 11.7 Å². The maximum absolute atomic E-state index is 12.7. The number of H-pyrrole nitrogens is 1. The summed E-state index contributed by atoms with van der Waals surface area (Å²) in [5, 5.41) is 10.8. The second kappa shape index (κ2) is 8.42. The molecule has 1 fully saturated rings. The number of aromatic amines is 1. The van der Waals surface area contributed by atoms with E-state index in [1.807, 2.05) is 0 Å². The highest BCUT2D eigenvalue weighted by molar-refractivity contribution is 7.53. The Morgan fingerprint density at radius 2 is 2.13 bits per heavy atom. The van der Waals surface area contributed by atoms with Crippen LogP contribution in [-0.2, 0) is 23.1 Å². The van der Waals surface area contributed by atoms with Gasteiger partial charge in [0.1, 0.15) is 6.10 Å². The Kier molecular flexibility index (Phi) is 6.27. The lowest BCUT2D eigenvalue weighted by atomic mass is 10.0. The van der Waals surface area contributed by atoms with Gasteiger partial charge in [0.15, 0.2) is 23.7 Å². The minimum absolute atomic E-state index is 0.0137. The summed E-state index contributed by atoms with van der Waals surface area (Å²) in [5.74, 6) is -1.82. The summed E-state index contributed by atoms with van der Waals surface area (Å²) in [6, 6.07) is 0. The van der Waals surface area contributed by atoms with E-state index >= 15 is 0 Å². The van der Waals surface area contributed by atoms with Gasteiger partial charge in [0.05, 0.1) is 19.5 Å². The Balaban J connectivity index is 1.93. The predicted molar refractivity (Wildman–Crippen MR) is 108 cm³/mol. The standard InChI is InChI=1S/C17H24N5O7P/c1-5-17(26-9-30(25,27-6-2)28-7-3)10(4)12(23)15(29-17)22-8-19-11-13(22)20-16(18)21-14(11)24/h5,8,12,15,23H,1,4,6-7,9H2,2-3H3,(H3,18,20,21,24). The van der Waals surface area contributed by atoms with Crippen molar-refractivity contribution in [3.63, 3.8) is 0 Å². The smallest absolute Gasteiger partial charge is 0.356 e. The van der Waals surface area contributed by atoms with E-state index in [9.17, 15) is 14.5 Å². The van der Waals surface area contributed by atoms with Gasteiger partial charge in [-0.15, -0.1) is 0 Å². The molecule has 3 atom stereocenters. The zero-order valence-corrected chi connectivity index (χ0v) is 17.5. The Labute approximate surface area is 171 Å². The summed E-state index contributed by atoms with van der Waals surface area (Å²) in [4.78, 5) is 22.4. The highest BCUT2D eigenvalue weighted by atomic mass is 31.2. The van der Waals surface area contributed by atoms with Crippen LogP contribution in [0.5, 0.6) is 0 Å². The van der Waals surface area contributed by atoms with Crippen molar-refractivity contribution in [2.45, 2.75) is 32.0 Å². The fraction of sp³-hybridized carbons (Fsp3) is 0.471. The van der Waals surface area contributed by atoms with Gasteiger partial charge in [-0.05, 0) is 19.9 Å². The van der Waals surface area contributed by atoms with Crippen LogP contribution in [0.25, 0.3) is 11.2 Å². The molecule has 3 unspecified atom stereocenters. The molecule has 0 amide bonds. The van der Waals surface area contributed by atoms with Crippen LogP contribution in [-0.4, -0.2) is 56.1 Å². The van der Waals surface area contributed by atoms with Crippen molar-refractivity contribution < 1.29 is 28.2 Å². The number of anilines is 1. The largest absolute Gasteiger partial charge is 0.384 e. The SMILES string of the molecule is C=CC1(OCP(=O)(OCC)OCC)OC(n2cnc3c(=O)[nH]c(N)nc32)C(O)C1=C. The number of ether oxygens (including phenoxy) is 2. The van der Waals surface area contributed by atoms with E-state index in [0.29, 0.717) is 0 Å². The van der Waals surface area contributed by atoms with Crippen molar-refractivity contribution in [3.8, 4) is 0 Å². The van der Waals surface area contributed by atoms with E-state index in [1.165, 1.54) is 17.0 Å². The van der Waals surface area contributed by atoms with Gasteiger partial charge >= 0.3 is 7.60 Å². The van der Waals surface area contributed by atoms with E-state index in [2.05, 4.69) is 28.1 Å². The lowest BCUT2D eigenvalue weighted by molar-refractivity contribution is -0.189. The van der Waals surface area contributed by atoms with E-state index in [1.54, 1.807) is 13.8 Å². The summed E-state index contributed by atoms with van der Waals surface area (Å²) >= 11 is 0. The van der Waals surface area contributed by atoms with Crippen molar-refractivity contribution in [2.75, 3.05) is 25.3 Å². The molecule has 3 heterocycles. The van der Waals surface area contributed by atoms with Gasteiger partial charge in [-0.3, -0.25) is 18.9 Å². The van der Waals surface area contributed by atoms with Gasteiger partial charge in [0, 0.05) is 5.57 Å². The first-order chi connectivity index (χ1) is 14.2. The summed E-state index contributed by atoms with van der Waals surface area (Å²) in [5.41, 5.74) is 5.29. The Morgan fingerprint density at radius 3 is 2.73 bits per heavy atom. The van der Waals surface area contributed by atoms with Gasteiger partial charge in [-0.1, -0.05) is 13.2 Å². The predicted octanol–water partition coefficient (Wildman–Crippen LogP) is 1.27. The third kappa shape index (κ3) is 3.85. The van der Waals surface area contributed by atoms with Crippen LogP contribution < -0.4 is 11.3 Å². The van der Waals surface area contributed by atoms with Gasteiger partial charge in [0.25, 0.3) is 5.56 Å². The average Bonchev–Trinajstić information content (AvgIpc) is 3.21. The second-order valence-corrected chi connectivity index (χ2v) is 8.34. The Hall–Kier alpha value is -2.34. The average molecular weight is 441 g/mol. The molecule has 0 saturated carbocycles. The first kappa shape index (κ1) is 22.3. The summed E-state index contributed by atoms with van der Waals surface area (Å²) in [7, 11) is -3.57. The number of hydrogen-bond donors (Lipinski definition) is 3. The van der Waals surface area contributed by atoms with Crippen LogP contribution >= 0.6 is 7.60 Å². The zero-order chi connectivity index (χ0) is 22.1. The number of imidazole rings is 1. The van der Waals surface area contributed by atoms with Crippen molar-refractivity contribution in [1.29, 1.82) is 0 Å². The molecule has 2 aromatic heterocycles. The van der Waals surface area contributed by atoms with E-state index in [-0.39, 0.29) is 35.9 Å². The molecule has 30 heavy (non-hydrogen) atoms. The molecule has 3 rings (SSSR count). The first-order valence-corrected chi connectivity index (χ1v) is 10.9. The molecule has 12 nitrogen and oxygen atoms in total. The van der Waals surface area contributed by atoms with E-state index in [0.717, 1.165) is 0 Å². The van der Waals surface area contributed by atoms with Gasteiger partial charge in [-0.2, -0.15) is 4.98 Å². The van der Waals surface area contributed by atoms with Crippen molar-refractivity contribution in [2.24, 2.45) is 0 Å². The number of nitrogens with zero attached hydrogens (tertiary/aromatic N) is 3. The highest BCUT2D eigenvalue weighted by Crippen LogP contribution is 2.51. The third-order valence-electron chi connectivity index (χ3n) is 4.45. The topological polar surface area (TPSA) is 164 Å². The van der Waals surface area contributed by atoms with Crippen molar-refractivity contribution in [3.05, 3.63) is 41.5 Å². The molecular formula is C17H24N5O7P. The highest BCUT2D eigenvalue weighted by Gasteiger charge is 2.51. The Morgan fingerprint density at radius 1 is 1.47 bits per heavy atom. The molecule has 1 saturated heterocycles. The van der Waals surface area contributed by atoms with E-state index in [4.69, 9.17) is 24.3 Å². The van der Waals surface area contributed by atoms with Crippen LogP contribution in [0.4, 0.5) is 5.95 Å². The molecule has 164 valence electrons. The number of nitrogen functional groups attached to an aromatic ring is 1. The molecule has 0 radical (unpaired) electrons. The third-order valence-corrected chi connectivity index (χ3v) is 6.20. The van der Waals surface area contributed by atoms with Crippen LogP contribution in [0.2, 0.25) is 0 Å². The van der Waals surface area contributed by atoms with Crippen LogP contribution in [0.15, 0.2) is 35.9 Å². The van der Waals surface area contributed by atoms with Crippen molar-refractivity contribution in [1.82, 2.24) is 19.5 Å². The van der Waals surface area contributed by atoms with Gasteiger partial charge < -0.3 is 29.4 Å². The van der Waals surface area contributed by atoms with Crippen molar-refractivity contribution >= 4 is 24.7 Å². The Bertz CT molecular complexity index is 1060. The number of rotatable bonds is 9. The molecule has 4 N–H and O–H groups in total. The second-order valence-electron chi connectivity index (χ2n) is 6.35. The molecule has 0 aromatic carbocycles. The number of fused-ring (bicyclic) bond motifs is 1. The summed E-state index contributed by atoms with van der Waals surface area (Å²) in [6.45, 7) is 11.2. The number of nitrogens with one attached hydrogen (secondary N) is 1. The lowest BCUT2D eigenvalue weighted by Gasteiger charge is -2.28. The fourth-order valence-corrected chi connectivity index (χ4v) is 4.44. The number of aliphatic hydroxyl groups is 1. The van der Waals surface area contributed by atoms with Crippen LogP contribution in [0, 0.1) is 0 Å². The molecule has 2 aromatic rings. The molecule has 1 aliphatic rings. The number of aliphatic hydroxyl groups excluding tert-OH is 1.